The summed E-state index contributed by atoms with van der Waals surface area (Å²) in [4.78, 5) is 67.0. The van der Waals surface area contributed by atoms with Crippen LogP contribution in [-0.4, -0.2) is 93.5 Å². The summed E-state index contributed by atoms with van der Waals surface area (Å²) >= 11 is 6.59. The second-order valence-electron chi connectivity index (χ2n) is 14.9. The van der Waals surface area contributed by atoms with Gasteiger partial charge in [-0.25, -0.2) is 4.39 Å². The summed E-state index contributed by atoms with van der Waals surface area (Å²) in [6, 6.07) is 14.4. The number of carbonyl (C=O) groups is 4. The summed E-state index contributed by atoms with van der Waals surface area (Å²) < 4.78 is 21.7. The van der Waals surface area contributed by atoms with Crippen LogP contribution in [0.1, 0.15) is 88.3 Å². The van der Waals surface area contributed by atoms with Crippen LogP contribution in [0.15, 0.2) is 76.1 Å². The molecule has 0 spiro atoms. The largest absolute Gasteiger partial charge is 0.494 e. The number of methoxy groups -OCH3 is 1. The number of likely N-dealkylation sites (tertiary alicyclic amines) is 2. The molecule has 3 fully saturated rings. The number of halogens is 3. The van der Waals surface area contributed by atoms with E-state index in [0.29, 0.717) is 23.1 Å². The maximum atomic E-state index is 14.8. The Hall–Kier alpha value is -4.88. The number of imide groups is 1. The molecular weight excluding hydrogens is 885 g/mol. The number of piperidine rings is 2. The van der Waals surface area contributed by atoms with Crippen molar-refractivity contribution in [2.24, 2.45) is 5.41 Å². The maximum absolute atomic E-state index is 14.8. The van der Waals surface area contributed by atoms with Gasteiger partial charge in [0, 0.05) is 59.3 Å². The SMILES string of the molecule is Brc1ccc(CN2CCCCC2)nc1.COc1ccc2c(c1F)C(=O)N(C[C@@]1(C#Cc3ccc(CN4CCCCC4)nc3)CC(=O)NC1=O)C2.O=Cc1ccc(Br)cn1. The number of fused-ring (bicyclic) bond motifs is 1. The highest BCUT2D eigenvalue weighted by atomic mass is 79.9. The van der Waals surface area contributed by atoms with Crippen molar-refractivity contribution in [3.63, 3.8) is 0 Å². The van der Waals surface area contributed by atoms with E-state index in [-0.39, 0.29) is 30.8 Å². The third kappa shape index (κ3) is 11.9. The summed E-state index contributed by atoms with van der Waals surface area (Å²) in [6.45, 7) is 6.39. The van der Waals surface area contributed by atoms with Crippen LogP contribution < -0.4 is 10.1 Å². The number of ether oxygens (including phenoxy) is 1. The smallest absolute Gasteiger partial charge is 0.257 e. The standard InChI is InChI=1S/C27H27FN4O4.C11H15BrN2.C6H4BrNO/c1-36-21-8-6-19-15-32(25(34)23(19)24(21)28)17-27(13-22(33)30-26(27)35)10-9-18-5-7-20(29-14-18)16-31-11-3-2-4-12-31;12-10-4-5-11(13-8-10)9-14-6-2-1-3-7-14;7-5-1-2-6(4-9)8-3-5/h5-8,14H,2-4,11-13,15-17H2,1H3,(H,30,33,35);4-5,8H,1-3,6-7,9H2;1-4H/t27-;;/m1../s1. The number of amides is 3. The number of hydrogen-bond donors (Lipinski definition) is 1. The van der Waals surface area contributed by atoms with E-state index in [1.54, 1.807) is 30.6 Å². The zero-order valence-corrected chi connectivity index (χ0v) is 36.1. The number of pyridine rings is 3. The first kappa shape index (κ1) is 43.7. The molecule has 0 unspecified atom stereocenters. The molecule has 0 bridgehead atoms. The van der Waals surface area contributed by atoms with E-state index >= 15 is 0 Å². The molecule has 7 heterocycles. The number of nitrogens with one attached hydrogen (secondary N) is 1. The predicted octanol–water partition coefficient (Wildman–Crippen LogP) is 6.74. The lowest BCUT2D eigenvalue weighted by molar-refractivity contribution is -0.127. The first-order valence-electron chi connectivity index (χ1n) is 19.6. The zero-order chi connectivity index (χ0) is 41.8. The number of carbonyl (C=O) groups excluding carboxylic acids is 4. The van der Waals surface area contributed by atoms with Crippen LogP contribution in [0.2, 0.25) is 0 Å². The fourth-order valence-corrected chi connectivity index (χ4v) is 7.82. The fourth-order valence-electron chi connectivity index (χ4n) is 7.35. The van der Waals surface area contributed by atoms with Gasteiger partial charge in [-0.05, 0) is 132 Å². The Morgan fingerprint density at radius 1 is 0.814 bits per heavy atom. The Morgan fingerprint density at radius 3 is 1.93 bits per heavy atom. The van der Waals surface area contributed by atoms with E-state index in [9.17, 15) is 23.6 Å². The van der Waals surface area contributed by atoms with Crippen molar-refractivity contribution in [3.05, 3.63) is 116 Å². The molecule has 1 aromatic carbocycles. The van der Waals surface area contributed by atoms with Crippen molar-refractivity contribution in [2.45, 2.75) is 64.6 Å². The lowest BCUT2D eigenvalue weighted by Crippen LogP contribution is -2.42. The molecule has 12 nitrogen and oxygen atoms in total. The Bertz CT molecular complexity index is 2170. The van der Waals surface area contributed by atoms with Crippen molar-refractivity contribution in [1.82, 2.24) is 35.0 Å². The first-order valence-corrected chi connectivity index (χ1v) is 21.2. The average molecular weight is 932 g/mol. The van der Waals surface area contributed by atoms with Gasteiger partial charge in [0.05, 0.1) is 30.5 Å². The molecular formula is C44H46Br2FN7O5. The van der Waals surface area contributed by atoms with Crippen LogP contribution in [-0.2, 0) is 29.2 Å². The quantitative estimate of drug-likeness (QED) is 0.115. The lowest BCUT2D eigenvalue weighted by Gasteiger charge is -2.26. The summed E-state index contributed by atoms with van der Waals surface area (Å²) in [5.41, 5.74) is 2.19. The minimum Gasteiger partial charge on any atom is -0.494 e. The normalized spacial score (nSPS) is 19.0. The third-order valence-electron chi connectivity index (χ3n) is 10.5. The maximum Gasteiger partial charge on any atom is 0.257 e. The third-order valence-corrected chi connectivity index (χ3v) is 11.4. The molecule has 3 saturated heterocycles. The molecule has 59 heavy (non-hydrogen) atoms. The van der Waals surface area contributed by atoms with Gasteiger partial charge in [-0.15, -0.1) is 0 Å². The second kappa shape index (κ2) is 20.9. The summed E-state index contributed by atoms with van der Waals surface area (Å²) in [7, 11) is 1.33. The van der Waals surface area contributed by atoms with Crippen molar-refractivity contribution >= 4 is 55.9 Å². The highest BCUT2D eigenvalue weighted by molar-refractivity contribution is 9.10. The number of hydrogen-bond acceptors (Lipinski definition) is 10. The highest BCUT2D eigenvalue weighted by Crippen LogP contribution is 2.35. The molecule has 308 valence electrons. The number of aromatic nitrogens is 3. The average Bonchev–Trinajstić information content (AvgIpc) is 3.72. The molecule has 0 aliphatic carbocycles. The minimum atomic E-state index is -1.43. The van der Waals surface area contributed by atoms with Gasteiger partial charge in [-0.1, -0.05) is 30.7 Å². The van der Waals surface area contributed by atoms with Crippen molar-refractivity contribution in [1.29, 1.82) is 0 Å². The number of aldehydes is 1. The molecule has 8 rings (SSSR count). The van der Waals surface area contributed by atoms with Crippen molar-refractivity contribution < 1.29 is 28.3 Å². The van der Waals surface area contributed by atoms with Gasteiger partial charge in [-0.2, -0.15) is 0 Å². The fraction of sp³-hybridized carbons (Fsp3) is 0.386. The van der Waals surface area contributed by atoms with Gasteiger partial charge in [0.25, 0.3) is 5.91 Å². The van der Waals surface area contributed by atoms with Crippen LogP contribution in [0.4, 0.5) is 4.39 Å². The molecule has 3 amide bonds. The molecule has 15 heteroatoms. The predicted molar refractivity (Wildman–Crippen MR) is 227 cm³/mol. The highest BCUT2D eigenvalue weighted by Gasteiger charge is 2.49. The van der Waals surface area contributed by atoms with E-state index < -0.39 is 29.0 Å². The van der Waals surface area contributed by atoms with E-state index in [2.05, 4.69) is 85.9 Å². The molecule has 0 radical (unpaired) electrons. The topological polar surface area (TPSA) is 138 Å². The van der Waals surface area contributed by atoms with Gasteiger partial charge in [0.1, 0.15) is 11.1 Å². The van der Waals surface area contributed by atoms with E-state index in [1.807, 2.05) is 18.3 Å². The molecule has 0 saturated carbocycles. The van der Waals surface area contributed by atoms with Crippen molar-refractivity contribution in [3.8, 4) is 17.6 Å². The Labute approximate surface area is 360 Å². The zero-order valence-electron chi connectivity index (χ0n) is 32.9. The first-order chi connectivity index (χ1) is 28.6. The summed E-state index contributed by atoms with van der Waals surface area (Å²) in [6.07, 6.45) is 13.4. The summed E-state index contributed by atoms with van der Waals surface area (Å²) in [5, 5.41) is 2.30. The van der Waals surface area contributed by atoms with Crippen LogP contribution >= 0.6 is 31.9 Å². The molecule has 4 aliphatic heterocycles. The molecule has 1 N–H and O–H groups in total. The van der Waals surface area contributed by atoms with Gasteiger partial charge < -0.3 is 9.64 Å². The van der Waals surface area contributed by atoms with E-state index in [1.165, 1.54) is 75.4 Å². The molecule has 1 atom stereocenters. The Morgan fingerprint density at radius 2 is 1.42 bits per heavy atom. The second-order valence-corrected chi connectivity index (χ2v) is 16.7. The van der Waals surface area contributed by atoms with Crippen LogP contribution in [0.3, 0.4) is 0 Å². The van der Waals surface area contributed by atoms with Gasteiger partial charge in [0.15, 0.2) is 17.9 Å². The Balaban J connectivity index is 0.000000206. The van der Waals surface area contributed by atoms with Crippen LogP contribution in [0.5, 0.6) is 5.75 Å². The summed E-state index contributed by atoms with van der Waals surface area (Å²) in [5.74, 6) is 3.61. The van der Waals surface area contributed by atoms with Crippen molar-refractivity contribution in [2.75, 3.05) is 39.8 Å². The lowest BCUT2D eigenvalue weighted by atomic mass is 9.85. The number of benzene rings is 1. The van der Waals surface area contributed by atoms with E-state index in [0.717, 1.165) is 40.8 Å². The van der Waals surface area contributed by atoms with Crippen LogP contribution in [0, 0.1) is 23.1 Å². The van der Waals surface area contributed by atoms with Gasteiger partial charge in [-0.3, -0.25) is 49.2 Å². The van der Waals surface area contributed by atoms with Crippen LogP contribution in [0.25, 0.3) is 0 Å². The van der Waals surface area contributed by atoms with Gasteiger partial charge in [0.2, 0.25) is 11.8 Å². The molecule has 3 aromatic heterocycles. The molecule has 4 aliphatic rings. The molecule has 4 aromatic rings. The minimum absolute atomic E-state index is 0.0246. The van der Waals surface area contributed by atoms with E-state index in [4.69, 9.17) is 4.74 Å². The number of nitrogens with zero attached hydrogens (tertiary/aromatic N) is 6. The van der Waals surface area contributed by atoms with Gasteiger partial charge >= 0.3 is 0 Å². The number of rotatable bonds is 8. The monoisotopic (exact) mass is 929 g/mol. The Kier molecular flexibility index (Phi) is 15.5.